The van der Waals surface area contributed by atoms with Crippen LogP contribution < -0.4 is 5.73 Å². The number of nitrogens with one attached hydrogen (secondary N) is 1. The monoisotopic (exact) mass is 461 g/mol. The van der Waals surface area contributed by atoms with Gasteiger partial charge in [0.2, 0.25) is 0 Å². The highest BCUT2D eigenvalue weighted by Crippen LogP contribution is 2.37. The van der Waals surface area contributed by atoms with Gasteiger partial charge in [0.1, 0.15) is 5.70 Å². The Balaban J connectivity index is 1.86. The van der Waals surface area contributed by atoms with Gasteiger partial charge in [0.25, 0.3) is 11.8 Å². The number of nitrogens with zero attached hydrogens (tertiary/aromatic N) is 3. The lowest BCUT2D eigenvalue weighted by atomic mass is 9.86. The fourth-order valence-corrected chi connectivity index (χ4v) is 3.99. The average Bonchev–Trinajstić information content (AvgIpc) is 2.79. The van der Waals surface area contributed by atoms with Gasteiger partial charge in [0.05, 0.1) is 30.4 Å². The zero-order valence-corrected chi connectivity index (χ0v) is 20.0. The number of alkyl halides is 1. The first-order valence-corrected chi connectivity index (χ1v) is 10.8. The van der Waals surface area contributed by atoms with Crippen LogP contribution in [0.15, 0.2) is 47.7 Å². The molecule has 34 heavy (non-hydrogen) atoms. The predicted molar refractivity (Wildman–Crippen MR) is 128 cm³/mol. The number of likely N-dealkylation sites (tertiary alicyclic amines) is 1. The van der Waals surface area contributed by atoms with Gasteiger partial charge in [-0.2, -0.15) is 5.26 Å². The van der Waals surface area contributed by atoms with Gasteiger partial charge in [-0.3, -0.25) is 15.0 Å². The molecule has 0 unspecified atom stereocenters. The standard InChI is InChI=1S/C26H28FN5O2/c1-15-10-16(2)21(11-20(15)22(29)17(3)23(30)25(34)31(4)5)24(33)32-13-26(27,14-32)19-8-6-18(12-28)7-9-19/h6-11,29H,13-14,30H2,1-5H3. The van der Waals surface area contributed by atoms with E-state index in [9.17, 15) is 9.59 Å². The van der Waals surface area contributed by atoms with Crippen molar-refractivity contribution in [1.29, 1.82) is 10.7 Å². The molecule has 176 valence electrons. The van der Waals surface area contributed by atoms with Gasteiger partial charge in [-0.25, -0.2) is 4.39 Å². The summed E-state index contributed by atoms with van der Waals surface area (Å²) < 4.78 is 15.3. The SMILES string of the molecule is CC(C(=N)c1cc(C(=O)N2CC(F)(c3ccc(C#N)cc3)C2)c(C)cc1C)=C(N)C(=O)N(C)C. The van der Waals surface area contributed by atoms with E-state index in [1.165, 1.54) is 9.80 Å². The number of hydrogen-bond donors (Lipinski definition) is 2. The van der Waals surface area contributed by atoms with Crippen molar-refractivity contribution in [3.63, 3.8) is 0 Å². The number of carbonyl (C=O) groups is 2. The largest absolute Gasteiger partial charge is 0.394 e. The molecule has 0 atom stereocenters. The second-order valence-corrected chi connectivity index (χ2v) is 8.91. The summed E-state index contributed by atoms with van der Waals surface area (Å²) in [6.45, 7) is 5.03. The molecule has 8 heteroatoms. The molecule has 3 N–H and O–H groups in total. The molecule has 1 aliphatic rings. The van der Waals surface area contributed by atoms with Crippen LogP contribution in [0.25, 0.3) is 0 Å². The zero-order chi connectivity index (χ0) is 25.4. The number of halogens is 1. The van der Waals surface area contributed by atoms with E-state index in [0.717, 1.165) is 5.56 Å². The Bertz CT molecular complexity index is 1250. The van der Waals surface area contributed by atoms with Crippen molar-refractivity contribution >= 4 is 17.5 Å². The summed E-state index contributed by atoms with van der Waals surface area (Å²) in [5.41, 5.74) is 7.86. The fourth-order valence-electron chi connectivity index (χ4n) is 3.99. The Morgan fingerprint density at radius 1 is 1.12 bits per heavy atom. The predicted octanol–water partition coefficient (Wildman–Crippen LogP) is 3.18. The number of nitrogens with two attached hydrogens (primary N) is 1. The van der Waals surface area contributed by atoms with Gasteiger partial charge >= 0.3 is 0 Å². The normalized spacial score (nSPS) is 15.0. The third kappa shape index (κ3) is 4.42. The molecule has 7 nitrogen and oxygen atoms in total. The van der Waals surface area contributed by atoms with Gasteiger partial charge in [0, 0.05) is 30.8 Å². The van der Waals surface area contributed by atoms with Crippen LogP contribution in [0.2, 0.25) is 0 Å². The van der Waals surface area contributed by atoms with Gasteiger partial charge in [-0.1, -0.05) is 18.2 Å². The van der Waals surface area contributed by atoms with E-state index in [0.29, 0.717) is 33.4 Å². The van der Waals surface area contributed by atoms with E-state index in [4.69, 9.17) is 16.4 Å². The van der Waals surface area contributed by atoms with Crippen LogP contribution in [-0.2, 0) is 10.5 Å². The molecule has 0 aliphatic carbocycles. The van der Waals surface area contributed by atoms with E-state index >= 15 is 4.39 Å². The number of benzene rings is 2. The quantitative estimate of drug-likeness (QED) is 0.526. The molecule has 1 aliphatic heterocycles. The molecule has 0 bridgehead atoms. The van der Waals surface area contributed by atoms with Crippen molar-refractivity contribution in [2.24, 2.45) is 5.73 Å². The molecular weight excluding hydrogens is 433 g/mol. The molecule has 2 aromatic rings. The van der Waals surface area contributed by atoms with Crippen molar-refractivity contribution in [1.82, 2.24) is 9.80 Å². The highest BCUT2D eigenvalue weighted by atomic mass is 19.1. The summed E-state index contributed by atoms with van der Waals surface area (Å²) in [6, 6.07) is 11.7. The summed E-state index contributed by atoms with van der Waals surface area (Å²) >= 11 is 0. The van der Waals surface area contributed by atoms with Gasteiger partial charge in [0.15, 0.2) is 5.67 Å². The van der Waals surface area contributed by atoms with E-state index in [-0.39, 0.29) is 30.4 Å². The molecule has 2 amide bonds. The van der Waals surface area contributed by atoms with Crippen LogP contribution in [0.1, 0.15) is 45.1 Å². The third-order valence-corrected chi connectivity index (χ3v) is 6.19. The minimum atomic E-state index is -1.67. The molecule has 3 rings (SSSR count). The topological polar surface area (TPSA) is 114 Å². The molecular formula is C26H28FN5O2. The first kappa shape index (κ1) is 24.6. The Kier molecular flexibility index (Phi) is 6.60. The number of carbonyl (C=O) groups excluding carboxylic acids is 2. The van der Waals surface area contributed by atoms with Crippen LogP contribution in [0.3, 0.4) is 0 Å². The number of amides is 2. The first-order valence-electron chi connectivity index (χ1n) is 10.8. The maximum atomic E-state index is 15.3. The van der Waals surface area contributed by atoms with E-state index < -0.39 is 11.6 Å². The Labute approximate surface area is 198 Å². The van der Waals surface area contributed by atoms with Gasteiger partial charge < -0.3 is 15.5 Å². The molecule has 2 aromatic carbocycles. The molecule has 1 saturated heterocycles. The van der Waals surface area contributed by atoms with E-state index in [2.05, 4.69) is 0 Å². The average molecular weight is 462 g/mol. The molecule has 0 aromatic heterocycles. The van der Waals surface area contributed by atoms with Gasteiger partial charge in [-0.15, -0.1) is 0 Å². The van der Waals surface area contributed by atoms with Crippen LogP contribution in [-0.4, -0.2) is 54.5 Å². The summed E-state index contributed by atoms with van der Waals surface area (Å²) in [4.78, 5) is 28.2. The van der Waals surface area contributed by atoms with Crippen molar-refractivity contribution in [3.05, 3.63) is 81.0 Å². The Morgan fingerprint density at radius 2 is 1.68 bits per heavy atom. The van der Waals surface area contributed by atoms with Crippen LogP contribution in [0, 0.1) is 30.6 Å². The van der Waals surface area contributed by atoms with Crippen LogP contribution >= 0.6 is 0 Å². The molecule has 1 heterocycles. The number of nitriles is 1. The minimum absolute atomic E-state index is 0.0322. The van der Waals surface area contributed by atoms with Crippen LogP contribution in [0.4, 0.5) is 4.39 Å². The second-order valence-electron chi connectivity index (χ2n) is 8.91. The lowest BCUT2D eigenvalue weighted by Gasteiger charge is -2.45. The number of hydrogen-bond acceptors (Lipinski definition) is 5. The van der Waals surface area contributed by atoms with Crippen molar-refractivity contribution in [2.75, 3.05) is 27.2 Å². The third-order valence-electron chi connectivity index (χ3n) is 6.19. The number of allylic oxidation sites excluding steroid dienone is 1. The highest BCUT2D eigenvalue weighted by Gasteiger charge is 2.47. The zero-order valence-electron chi connectivity index (χ0n) is 20.0. The van der Waals surface area contributed by atoms with Crippen molar-refractivity contribution in [2.45, 2.75) is 26.4 Å². The first-order chi connectivity index (χ1) is 15.9. The van der Waals surface area contributed by atoms with E-state index in [1.807, 2.05) is 13.0 Å². The van der Waals surface area contributed by atoms with Crippen molar-refractivity contribution < 1.29 is 14.0 Å². The Hall–Kier alpha value is -3.99. The van der Waals surface area contributed by atoms with E-state index in [1.54, 1.807) is 64.3 Å². The highest BCUT2D eigenvalue weighted by molar-refractivity contribution is 6.16. The summed E-state index contributed by atoms with van der Waals surface area (Å²) in [5.74, 6) is -0.724. The maximum absolute atomic E-state index is 15.3. The fraction of sp³-hybridized carbons (Fsp3) is 0.308. The summed E-state index contributed by atoms with van der Waals surface area (Å²) in [5, 5.41) is 17.5. The lowest BCUT2D eigenvalue weighted by molar-refractivity contribution is -0.124. The molecule has 0 saturated carbocycles. The summed E-state index contributed by atoms with van der Waals surface area (Å²) in [7, 11) is 3.16. The summed E-state index contributed by atoms with van der Waals surface area (Å²) in [6.07, 6.45) is 0. The number of likely N-dealkylation sites (N-methyl/N-ethyl adjacent to an activating group) is 1. The lowest BCUT2D eigenvalue weighted by Crippen LogP contribution is -2.58. The van der Waals surface area contributed by atoms with Crippen molar-refractivity contribution in [3.8, 4) is 6.07 Å². The maximum Gasteiger partial charge on any atom is 0.269 e. The smallest absolute Gasteiger partial charge is 0.269 e. The Morgan fingerprint density at radius 3 is 2.21 bits per heavy atom. The van der Waals surface area contributed by atoms with Crippen LogP contribution in [0.5, 0.6) is 0 Å². The number of rotatable bonds is 5. The second kappa shape index (κ2) is 9.10. The molecule has 0 radical (unpaired) electrons. The molecule has 0 spiro atoms. The van der Waals surface area contributed by atoms with Gasteiger partial charge in [-0.05, 0) is 55.7 Å². The molecule has 1 fully saturated rings. The number of aryl methyl sites for hydroxylation is 2. The minimum Gasteiger partial charge on any atom is -0.394 e.